The highest BCUT2D eigenvalue weighted by Gasteiger charge is 2.37. The third kappa shape index (κ3) is 7.49. The fourth-order valence-corrected chi connectivity index (χ4v) is 6.40. The number of allylic oxidation sites excluding steroid dienone is 8. The predicted molar refractivity (Wildman–Crippen MR) is 166 cm³/mol. The molecule has 1 nitrogen and oxygen atoms in total. The van der Waals surface area contributed by atoms with Crippen LogP contribution in [0.25, 0.3) is 0 Å². The maximum atomic E-state index is 13.0. The number of benzene rings is 1. The minimum atomic E-state index is 0.245. The average Bonchev–Trinajstić information content (AvgIpc) is 3.39. The molecule has 0 heterocycles. The fourth-order valence-electron chi connectivity index (χ4n) is 6.40. The van der Waals surface area contributed by atoms with Gasteiger partial charge in [-0.2, -0.15) is 0 Å². The van der Waals surface area contributed by atoms with Crippen LogP contribution in [-0.2, 0) is 22.0 Å². The largest absolute Gasteiger partial charge is 0.294 e. The summed E-state index contributed by atoms with van der Waals surface area (Å²) in [7, 11) is 0. The second-order valence-electron chi connectivity index (χ2n) is 13.2. The summed E-state index contributed by atoms with van der Waals surface area (Å²) in [5.74, 6) is 1.49. The van der Waals surface area contributed by atoms with Crippen LogP contribution in [-0.4, -0.2) is 5.78 Å². The lowest BCUT2D eigenvalue weighted by Crippen LogP contribution is -2.34. The Hall–Kier alpha value is -2.15. The number of aryl methyl sites for hydroxylation is 1. The summed E-state index contributed by atoms with van der Waals surface area (Å²) in [4.78, 5) is 13.0. The molecule has 0 amide bonds. The third-order valence-corrected chi connectivity index (χ3v) is 9.25. The molecule has 1 saturated carbocycles. The quantitative estimate of drug-likeness (QED) is 0.390. The molecule has 0 saturated heterocycles. The molecule has 0 aromatic heterocycles. The summed E-state index contributed by atoms with van der Waals surface area (Å²) in [6.45, 7) is 18.2. The van der Waals surface area contributed by atoms with Gasteiger partial charge in [-0.1, -0.05) is 115 Å². The Morgan fingerprint density at radius 1 is 0.842 bits per heavy atom. The molecular weight excluding hydrogens is 460 g/mol. The lowest BCUT2D eigenvalue weighted by molar-refractivity contribution is -0.120. The number of fused-ring (bicyclic) bond motifs is 1. The van der Waals surface area contributed by atoms with E-state index in [0.29, 0.717) is 5.78 Å². The zero-order chi connectivity index (χ0) is 27.9. The SMILES string of the molecule is C1=CCCC=C1.CC.Cc1cc2c(cc1CC1=CC=C(C(=O)C3CCC(C)CC3)C1)C(C)(C)CCC2(C)C. The summed E-state index contributed by atoms with van der Waals surface area (Å²) in [5.41, 5.74) is 8.90. The maximum Gasteiger partial charge on any atom is 0.162 e. The van der Waals surface area contributed by atoms with Crippen molar-refractivity contribution in [3.8, 4) is 0 Å². The number of hydrogen-bond donors (Lipinski definition) is 0. The summed E-state index contributed by atoms with van der Waals surface area (Å²) in [6, 6.07) is 4.96. The van der Waals surface area contributed by atoms with E-state index in [1.165, 1.54) is 55.2 Å². The summed E-state index contributed by atoms with van der Waals surface area (Å²) >= 11 is 0. The monoisotopic (exact) mass is 514 g/mol. The number of rotatable bonds is 4. The first kappa shape index (κ1) is 30.4. The standard InChI is InChI=1S/C29H40O.C6H8.C2H6/c1-19-7-10-22(11-8-19)27(30)23-12-9-21(16-23)17-24-18-26-25(15-20(24)2)28(3,4)13-14-29(26,5)6;1-2-4-6-5-3-1;1-2/h9,12,15,18-19,22H,7-8,10-11,13-14,16-17H2,1-6H3;1-4H,5-6H2;1-2H3. The van der Waals surface area contributed by atoms with Crippen LogP contribution in [0, 0.1) is 18.8 Å². The first-order valence-corrected chi connectivity index (χ1v) is 15.5. The van der Waals surface area contributed by atoms with Crippen molar-refractivity contribution in [1.29, 1.82) is 0 Å². The van der Waals surface area contributed by atoms with Gasteiger partial charge in [0.15, 0.2) is 5.78 Å². The molecule has 208 valence electrons. The normalized spacial score (nSPS) is 24.6. The Balaban J connectivity index is 0.000000434. The van der Waals surface area contributed by atoms with Gasteiger partial charge in [-0.15, -0.1) is 0 Å². The third-order valence-electron chi connectivity index (χ3n) is 9.25. The van der Waals surface area contributed by atoms with Crippen molar-refractivity contribution in [3.05, 3.63) is 82.0 Å². The molecule has 1 fully saturated rings. The van der Waals surface area contributed by atoms with E-state index < -0.39 is 0 Å². The van der Waals surface area contributed by atoms with Crippen molar-refractivity contribution < 1.29 is 4.79 Å². The molecule has 0 bridgehead atoms. The van der Waals surface area contributed by atoms with Crippen molar-refractivity contribution >= 4 is 5.78 Å². The van der Waals surface area contributed by atoms with Gasteiger partial charge >= 0.3 is 0 Å². The molecule has 1 aromatic carbocycles. The summed E-state index contributed by atoms with van der Waals surface area (Å²) in [5, 5.41) is 0. The van der Waals surface area contributed by atoms with Crippen molar-refractivity contribution in [2.24, 2.45) is 11.8 Å². The minimum absolute atomic E-state index is 0.245. The van der Waals surface area contributed by atoms with Gasteiger partial charge in [-0.25, -0.2) is 0 Å². The molecule has 1 heteroatoms. The van der Waals surface area contributed by atoms with E-state index in [2.05, 4.69) is 90.1 Å². The molecule has 0 N–H and O–H groups in total. The average molecular weight is 515 g/mol. The number of hydrogen-bond acceptors (Lipinski definition) is 1. The molecule has 0 atom stereocenters. The Morgan fingerprint density at radius 3 is 1.92 bits per heavy atom. The molecule has 5 rings (SSSR count). The Bertz CT molecular complexity index is 1070. The van der Waals surface area contributed by atoms with Crippen LogP contribution in [0.2, 0.25) is 0 Å². The first-order chi connectivity index (χ1) is 18.1. The van der Waals surface area contributed by atoms with Gasteiger partial charge in [0.1, 0.15) is 0 Å². The number of carbonyl (C=O) groups excluding carboxylic acids is 1. The van der Waals surface area contributed by atoms with E-state index in [0.717, 1.165) is 37.2 Å². The zero-order valence-electron chi connectivity index (χ0n) is 25.8. The van der Waals surface area contributed by atoms with Gasteiger partial charge in [0.25, 0.3) is 0 Å². The van der Waals surface area contributed by atoms with Crippen LogP contribution in [0.1, 0.15) is 129 Å². The van der Waals surface area contributed by atoms with Crippen molar-refractivity contribution in [1.82, 2.24) is 0 Å². The van der Waals surface area contributed by atoms with Crippen LogP contribution in [0.4, 0.5) is 0 Å². The topological polar surface area (TPSA) is 17.1 Å². The predicted octanol–water partition coefficient (Wildman–Crippen LogP) is 10.5. The zero-order valence-corrected chi connectivity index (χ0v) is 25.8. The molecule has 0 spiro atoms. The highest BCUT2D eigenvalue weighted by atomic mass is 16.1. The first-order valence-electron chi connectivity index (χ1n) is 15.5. The summed E-state index contributed by atoms with van der Waals surface area (Å²) < 4.78 is 0. The van der Waals surface area contributed by atoms with Gasteiger partial charge in [-0.3, -0.25) is 4.79 Å². The Morgan fingerprint density at radius 2 is 1.39 bits per heavy atom. The van der Waals surface area contributed by atoms with Crippen molar-refractivity contribution in [2.75, 3.05) is 0 Å². The molecular formula is C37H54O. The van der Waals surface area contributed by atoms with Crippen LogP contribution >= 0.6 is 0 Å². The molecule has 0 unspecified atom stereocenters. The maximum absolute atomic E-state index is 13.0. The van der Waals surface area contributed by atoms with E-state index in [1.807, 2.05) is 13.8 Å². The Labute approximate surface area is 234 Å². The Kier molecular flexibility index (Phi) is 10.6. The van der Waals surface area contributed by atoms with E-state index in [-0.39, 0.29) is 16.7 Å². The molecule has 4 aliphatic rings. The van der Waals surface area contributed by atoms with Crippen LogP contribution < -0.4 is 0 Å². The van der Waals surface area contributed by atoms with E-state index in [9.17, 15) is 4.79 Å². The molecule has 38 heavy (non-hydrogen) atoms. The van der Waals surface area contributed by atoms with Gasteiger partial charge in [-0.05, 0) is 103 Å². The van der Waals surface area contributed by atoms with Crippen LogP contribution in [0.5, 0.6) is 0 Å². The van der Waals surface area contributed by atoms with Gasteiger partial charge in [0.05, 0.1) is 0 Å². The molecule has 4 aliphatic carbocycles. The minimum Gasteiger partial charge on any atom is -0.294 e. The fraction of sp³-hybridized carbons (Fsp3) is 0.595. The van der Waals surface area contributed by atoms with E-state index >= 15 is 0 Å². The number of Topliss-reactive ketones (excluding diaryl/α,β-unsaturated/α-hetero) is 1. The van der Waals surface area contributed by atoms with E-state index in [4.69, 9.17) is 0 Å². The highest BCUT2D eigenvalue weighted by Crippen LogP contribution is 2.47. The van der Waals surface area contributed by atoms with Crippen LogP contribution in [0.15, 0.2) is 59.7 Å². The van der Waals surface area contributed by atoms with Crippen molar-refractivity contribution in [3.63, 3.8) is 0 Å². The van der Waals surface area contributed by atoms with Crippen molar-refractivity contribution in [2.45, 2.75) is 130 Å². The number of carbonyl (C=O) groups is 1. The number of ketones is 1. The highest BCUT2D eigenvalue weighted by molar-refractivity contribution is 5.98. The van der Waals surface area contributed by atoms with Gasteiger partial charge in [0.2, 0.25) is 0 Å². The second-order valence-corrected chi connectivity index (χ2v) is 13.2. The summed E-state index contributed by atoms with van der Waals surface area (Å²) in [6.07, 6.45) is 24.3. The van der Waals surface area contributed by atoms with E-state index in [1.54, 1.807) is 11.1 Å². The van der Waals surface area contributed by atoms with Gasteiger partial charge < -0.3 is 0 Å². The lowest BCUT2D eigenvalue weighted by atomic mass is 9.62. The molecule has 0 aliphatic heterocycles. The smallest absolute Gasteiger partial charge is 0.162 e. The molecule has 0 radical (unpaired) electrons. The molecule has 1 aromatic rings. The van der Waals surface area contributed by atoms with Gasteiger partial charge in [0, 0.05) is 5.92 Å². The lowest BCUT2D eigenvalue weighted by Gasteiger charge is -2.42. The van der Waals surface area contributed by atoms with Crippen LogP contribution in [0.3, 0.4) is 0 Å². The second kappa shape index (κ2) is 13.3.